The van der Waals surface area contributed by atoms with Crippen LogP contribution in [-0.4, -0.2) is 33.5 Å². The van der Waals surface area contributed by atoms with E-state index in [1.54, 1.807) is 48.5 Å². The molecule has 2 atom stereocenters. The van der Waals surface area contributed by atoms with Crippen LogP contribution in [0.1, 0.15) is 44.8 Å². The predicted octanol–water partition coefficient (Wildman–Crippen LogP) is 14.0. The van der Waals surface area contributed by atoms with Gasteiger partial charge in [0.25, 0.3) is 0 Å². The van der Waals surface area contributed by atoms with Gasteiger partial charge in [-0.15, -0.1) is 0 Å². The first-order valence-corrected chi connectivity index (χ1v) is 22.2. The van der Waals surface area contributed by atoms with E-state index in [1.807, 2.05) is 121 Å². The number of nitrogens with zero attached hydrogens (tertiary/aromatic N) is 4. The van der Waals surface area contributed by atoms with Gasteiger partial charge in [0.15, 0.2) is 0 Å². The number of fused-ring (bicyclic) bond motifs is 2. The summed E-state index contributed by atoms with van der Waals surface area (Å²) in [5, 5.41) is 0. The maximum Gasteiger partial charge on any atom is 0.123 e. The molecule has 8 heteroatoms. The van der Waals surface area contributed by atoms with Crippen LogP contribution >= 0.6 is 0 Å². The Morgan fingerprint density at radius 2 is 0.529 bits per heavy atom. The normalized spacial score (nSPS) is 15.2. The van der Waals surface area contributed by atoms with E-state index >= 15 is 0 Å². The fraction of sp³-hybridized carbons (Fsp3) is 0.0333. The van der Waals surface area contributed by atoms with Crippen LogP contribution in [0.2, 0.25) is 0 Å². The highest BCUT2D eigenvalue weighted by Gasteiger charge is 2.45. The fourth-order valence-electron chi connectivity index (χ4n) is 9.24. The van der Waals surface area contributed by atoms with E-state index in [9.17, 15) is 17.6 Å². The topological polar surface area (TPSA) is 50.5 Å². The predicted molar refractivity (Wildman–Crippen MR) is 264 cm³/mol. The number of rotatable bonds is 8. The first-order chi connectivity index (χ1) is 33.4. The minimum atomic E-state index is -0.860. The van der Waals surface area contributed by atoms with Gasteiger partial charge in [-0.05, 0) is 81.9 Å². The molecule has 1 aliphatic heterocycles. The van der Waals surface area contributed by atoms with Crippen LogP contribution in [-0.2, 0) is 0 Å². The zero-order valence-corrected chi connectivity index (χ0v) is 36.2. The zero-order chi connectivity index (χ0) is 46.1. The Bertz CT molecular complexity index is 3100. The van der Waals surface area contributed by atoms with Gasteiger partial charge in [-0.3, -0.25) is 9.98 Å². The molecule has 0 N–H and O–H groups in total. The van der Waals surface area contributed by atoms with Crippen molar-refractivity contribution in [1.29, 1.82) is 0 Å². The Hall–Kier alpha value is -8.62. The van der Waals surface area contributed by atoms with Crippen LogP contribution < -0.4 is 0 Å². The van der Waals surface area contributed by atoms with Gasteiger partial charge in [0.05, 0.1) is 34.2 Å². The van der Waals surface area contributed by atoms with E-state index in [1.165, 1.54) is 48.5 Å². The zero-order valence-electron chi connectivity index (χ0n) is 36.2. The van der Waals surface area contributed by atoms with Gasteiger partial charge in [-0.2, -0.15) is 0 Å². The first-order valence-electron chi connectivity index (χ1n) is 22.2. The standard InChI is InChI=1S/C60H38F4N4/c61-45-29-21-37(22-30-45)49(38-23-31-46(62)32-24-38)51-57-58(66-54(42-15-7-2-8-16-42)53(65-57)41-13-5-1-6-14-41)52(50(39-25-33-47(63)34-26-39)40-27-35-48(64)36-28-40)60-59(51)67-55(43-17-9-3-10-18-43)56(68-60)44-19-11-4-12-20-44/h1-36,57-58H. The molecular weight excluding hydrogens is 853 g/mol. The number of benzene rings is 8. The van der Waals surface area contributed by atoms with Gasteiger partial charge in [0.1, 0.15) is 35.4 Å². The summed E-state index contributed by atoms with van der Waals surface area (Å²) in [4.78, 5) is 23.1. The minimum Gasteiger partial charge on any atom is -0.272 e. The Morgan fingerprint density at radius 1 is 0.279 bits per heavy atom. The van der Waals surface area contributed by atoms with Gasteiger partial charge in [-0.25, -0.2) is 27.5 Å². The van der Waals surface area contributed by atoms with Crippen LogP contribution in [0.4, 0.5) is 17.6 Å². The lowest BCUT2D eigenvalue weighted by Crippen LogP contribution is -2.40. The molecule has 0 spiro atoms. The average molecular weight is 891 g/mol. The van der Waals surface area contributed by atoms with E-state index in [2.05, 4.69) is 0 Å². The monoisotopic (exact) mass is 890 g/mol. The van der Waals surface area contributed by atoms with Crippen molar-refractivity contribution in [3.63, 3.8) is 0 Å². The molecule has 0 radical (unpaired) electrons. The van der Waals surface area contributed by atoms with Gasteiger partial charge < -0.3 is 0 Å². The first kappa shape index (κ1) is 42.0. The molecule has 9 aromatic rings. The summed E-state index contributed by atoms with van der Waals surface area (Å²) < 4.78 is 59.9. The second kappa shape index (κ2) is 18.0. The van der Waals surface area contributed by atoms with Gasteiger partial charge >= 0.3 is 0 Å². The molecule has 2 aliphatic rings. The van der Waals surface area contributed by atoms with Crippen molar-refractivity contribution in [2.24, 2.45) is 9.98 Å². The van der Waals surface area contributed by atoms with E-state index < -0.39 is 35.4 Å². The maximum atomic E-state index is 15.0. The maximum absolute atomic E-state index is 15.0. The smallest absolute Gasteiger partial charge is 0.123 e. The molecule has 8 aromatic carbocycles. The van der Waals surface area contributed by atoms with Crippen LogP contribution in [0.15, 0.2) is 228 Å². The van der Waals surface area contributed by atoms with Crippen molar-refractivity contribution in [1.82, 2.24) is 9.97 Å². The van der Waals surface area contributed by atoms with E-state index in [4.69, 9.17) is 20.0 Å². The van der Waals surface area contributed by atoms with Crippen molar-refractivity contribution >= 4 is 33.7 Å². The largest absolute Gasteiger partial charge is 0.272 e. The van der Waals surface area contributed by atoms with Crippen LogP contribution in [0.25, 0.3) is 44.8 Å². The summed E-state index contributed by atoms with van der Waals surface area (Å²) in [7, 11) is 0. The lowest BCUT2D eigenvalue weighted by molar-refractivity contribution is 0.627. The Kier molecular flexibility index (Phi) is 11.1. The molecule has 2 heterocycles. The highest BCUT2D eigenvalue weighted by Crippen LogP contribution is 2.51. The molecule has 1 aliphatic carbocycles. The summed E-state index contributed by atoms with van der Waals surface area (Å²) in [6, 6.07) is 62.5. The molecule has 0 saturated carbocycles. The van der Waals surface area contributed by atoms with Crippen molar-refractivity contribution in [3.05, 3.63) is 286 Å². The van der Waals surface area contributed by atoms with Crippen molar-refractivity contribution in [2.45, 2.75) is 12.1 Å². The van der Waals surface area contributed by atoms with Crippen LogP contribution in [0.5, 0.6) is 0 Å². The molecule has 0 amide bonds. The van der Waals surface area contributed by atoms with Gasteiger partial charge in [0.2, 0.25) is 0 Å². The summed E-state index contributed by atoms with van der Waals surface area (Å²) in [5.74, 6) is -1.70. The number of aliphatic imine (C=N–C) groups is 2. The second-order valence-electron chi connectivity index (χ2n) is 16.5. The lowest BCUT2D eigenvalue weighted by Gasteiger charge is -2.39. The van der Waals surface area contributed by atoms with Gasteiger partial charge in [-0.1, -0.05) is 170 Å². The molecule has 326 valence electrons. The third kappa shape index (κ3) is 7.96. The summed E-state index contributed by atoms with van der Waals surface area (Å²) in [6.07, 6.45) is 0. The number of halogens is 4. The van der Waals surface area contributed by atoms with Crippen molar-refractivity contribution in [2.75, 3.05) is 0 Å². The minimum absolute atomic E-state index is 0.426. The number of aromatic nitrogens is 2. The van der Waals surface area contributed by atoms with Crippen LogP contribution in [0.3, 0.4) is 0 Å². The Morgan fingerprint density at radius 3 is 0.794 bits per heavy atom. The summed E-state index contributed by atoms with van der Waals surface area (Å²) >= 11 is 0. The quantitative estimate of drug-likeness (QED) is 0.143. The third-order valence-electron chi connectivity index (χ3n) is 12.3. The average Bonchev–Trinajstić information content (AvgIpc) is 3.39. The van der Waals surface area contributed by atoms with E-state index in [0.29, 0.717) is 78.7 Å². The molecule has 2 unspecified atom stereocenters. The van der Waals surface area contributed by atoms with Crippen LogP contribution in [0, 0.1) is 23.3 Å². The summed E-state index contributed by atoms with van der Waals surface area (Å²) in [6.45, 7) is 0. The van der Waals surface area contributed by atoms with Gasteiger partial charge in [0, 0.05) is 33.4 Å². The molecular formula is C60H38F4N4. The SMILES string of the molecule is Fc1ccc(C(=C2c3nc(-c4ccccc4)c(-c4ccccc4)nc3C(=C(c3ccc(F)cc3)c3ccc(F)cc3)C3N=C(c4ccccc4)C(c4ccccc4)=NC23)c2ccc(F)cc2)cc1. The molecule has 68 heavy (non-hydrogen) atoms. The van der Waals surface area contributed by atoms with E-state index in [0.717, 1.165) is 22.3 Å². The lowest BCUT2D eigenvalue weighted by atomic mass is 9.73. The highest BCUT2D eigenvalue weighted by molar-refractivity contribution is 6.54. The molecule has 0 fully saturated rings. The van der Waals surface area contributed by atoms with Crippen molar-refractivity contribution in [3.8, 4) is 22.5 Å². The molecule has 4 nitrogen and oxygen atoms in total. The fourth-order valence-corrected chi connectivity index (χ4v) is 9.24. The summed E-state index contributed by atoms with van der Waals surface area (Å²) in [5.41, 5.74) is 11.6. The molecule has 11 rings (SSSR count). The number of hydrogen-bond acceptors (Lipinski definition) is 4. The van der Waals surface area contributed by atoms with Crippen molar-refractivity contribution < 1.29 is 17.6 Å². The molecule has 0 bridgehead atoms. The highest BCUT2D eigenvalue weighted by atomic mass is 19.1. The Labute approximate surface area is 390 Å². The third-order valence-corrected chi connectivity index (χ3v) is 12.3. The van der Waals surface area contributed by atoms with E-state index in [-0.39, 0.29) is 0 Å². The second-order valence-corrected chi connectivity index (χ2v) is 16.5. The molecule has 1 aromatic heterocycles. The Balaban J connectivity index is 1.38. The number of hydrogen-bond donors (Lipinski definition) is 0. The molecule has 0 saturated heterocycles.